The van der Waals surface area contributed by atoms with Crippen LogP contribution in [-0.4, -0.2) is 49.4 Å². The molecule has 1 N–H and O–H groups in total. The number of nitrogens with zero attached hydrogens (tertiary/aromatic N) is 1. The molecule has 1 spiro atoms. The molecule has 2 aliphatic heterocycles. The van der Waals surface area contributed by atoms with Crippen LogP contribution in [0.15, 0.2) is 0 Å². The molecule has 2 amide bonds. The zero-order valence-electron chi connectivity index (χ0n) is 13.3. The Balaban J connectivity index is 1.57. The van der Waals surface area contributed by atoms with E-state index < -0.39 is 5.41 Å². The molecule has 0 aromatic carbocycles. The molecule has 2 atom stereocenters. The van der Waals surface area contributed by atoms with E-state index in [1.54, 1.807) is 0 Å². The van der Waals surface area contributed by atoms with Crippen LogP contribution in [0.3, 0.4) is 0 Å². The number of hydrogen-bond donors (Lipinski definition) is 1. The lowest BCUT2D eigenvalue weighted by molar-refractivity contribution is -0.146. The Morgan fingerprint density at radius 3 is 2.50 bits per heavy atom. The van der Waals surface area contributed by atoms with Gasteiger partial charge in [0.1, 0.15) is 0 Å². The molecule has 3 fully saturated rings. The predicted octanol–water partition coefficient (Wildman–Crippen LogP) is 0.704. The zero-order chi connectivity index (χ0) is 16.0. The summed E-state index contributed by atoms with van der Waals surface area (Å²) in [5, 5.41) is 2.80. The minimum Gasteiger partial charge on any atom is -0.469 e. The number of piperidine rings is 2. The summed E-state index contributed by atoms with van der Waals surface area (Å²) >= 11 is 0. The molecule has 1 aliphatic carbocycles. The minimum atomic E-state index is -0.482. The van der Waals surface area contributed by atoms with Gasteiger partial charge in [0, 0.05) is 26.1 Å². The highest BCUT2D eigenvalue weighted by molar-refractivity contribution is 5.86. The molecule has 2 heterocycles. The maximum Gasteiger partial charge on any atom is 0.309 e. The van der Waals surface area contributed by atoms with Gasteiger partial charge in [0.2, 0.25) is 11.8 Å². The molecule has 0 bridgehead atoms. The van der Waals surface area contributed by atoms with Gasteiger partial charge >= 0.3 is 5.97 Å². The molecule has 3 aliphatic rings. The Morgan fingerprint density at radius 1 is 1.27 bits per heavy atom. The molecule has 6 nitrogen and oxygen atoms in total. The monoisotopic (exact) mass is 308 g/mol. The van der Waals surface area contributed by atoms with Crippen molar-refractivity contribution in [2.45, 2.75) is 39.0 Å². The third-order valence-electron chi connectivity index (χ3n) is 5.82. The number of nitrogens with one attached hydrogen (secondary N) is 1. The number of rotatable bonds is 2. The second-order valence-corrected chi connectivity index (χ2v) is 7.27. The van der Waals surface area contributed by atoms with Gasteiger partial charge in [-0.2, -0.15) is 0 Å². The van der Waals surface area contributed by atoms with Crippen molar-refractivity contribution >= 4 is 17.8 Å². The zero-order valence-corrected chi connectivity index (χ0v) is 13.3. The average molecular weight is 308 g/mol. The summed E-state index contributed by atoms with van der Waals surface area (Å²) in [6, 6.07) is 0. The maximum atomic E-state index is 12.8. The Labute approximate surface area is 130 Å². The normalized spacial score (nSPS) is 33.3. The number of ether oxygens (including phenoxy) is 1. The van der Waals surface area contributed by atoms with E-state index in [0.29, 0.717) is 32.5 Å². The lowest BCUT2D eigenvalue weighted by Crippen LogP contribution is -2.53. The fourth-order valence-corrected chi connectivity index (χ4v) is 3.96. The summed E-state index contributed by atoms with van der Waals surface area (Å²) in [6.45, 7) is 3.77. The van der Waals surface area contributed by atoms with Crippen LogP contribution in [0.25, 0.3) is 0 Å². The van der Waals surface area contributed by atoms with Crippen molar-refractivity contribution in [1.29, 1.82) is 0 Å². The number of carbonyl (C=O) groups excluding carboxylic acids is 3. The van der Waals surface area contributed by atoms with Gasteiger partial charge in [0.25, 0.3) is 0 Å². The van der Waals surface area contributed by atoms with Gasteiger partial charge in [-0.3, -0.25) is 14.4 Å². The third kappa shape index (κ3) is 2.48. The lowest BCUT2D eigenvalue weighted by Gasteiger charge is -2.40. The first-order valence-electron chi connectivity index (χ1n) is 8.04. The number of amides is 2. The fraction of sp³-hybridized carbons (Fsp3) is 0.812. The number of methoxy groups -OCH3 is 1. The van der Waals surface area contributed by atoms with Crippen LogP contribution in [0.1, 0.15) is 39.0 Å². The molecular formula is C16H24N2O4. The minimum absolute atomic E-state index is 0.0271. The van der Waals surface area contributed by atoms with Gasteiger partial charge in [0.05, 0.1) is 18.4 Å². The SMILES string of the molecule is COC(=O)[C@@H]1CC12CCN(C(=O)[C@@]1(C)CCC(=O)NC1)CC2. The lowest BCUT2D eigenvalue weighted by atomic mass is 9.80. The van der Waals surface area contributed by atoms with Crippen LogP contribution in [0.5, 0.6) is 0 Å². The summed E-state index contributed by atoms with van der Waals surface area (Å²) in [4.78, 5) is 37.6. The van der Waals surface area contributed by atoms with Crippen molar-refractivity contribution in [3.05, 3.63) is 0 Å². The van der Waals surface area contributed by atoms with Gasteiger partial charge in [-0.15, -0.1) is 0 Å². The van der Waals surface area contributed by atoms with E-state index in [0.717, 1.165) is 19.3 Å². The van der Waals surface area contributed by atoms with Crippen molar-refractivity contribution in [2.75, 3.05) is 26.7 Å². The Morgan fingerprint density at radius 2 is 1.95 bits per heavy atom. The number of esters is 1. The third-order valence-corrected chi connectivity index (χ3v) is 5.82. The summed E-state index contributed by atoms with van der Waals surface area (Å²) in [6.07, 6.45) is 3.69. The summed E-state index contributed by atoms with van der Waals surface area (Å²) in [5.74, 6) is 0.0837. The Kier molecular flexibility index (Phi) is 3.65. The highest BCUT2D eigenvalue weighted by Gasteiger charge is 2.59. The topological polar surface area (TPSA) is 75.7 Å². The summed E-state index contributed by atoms with van der Waals surface area (Å²) < 4.78 is 4.84. The van der Waals surface area contributed by atoms with E-state index in [9.17, 15) is 14.4 Å². The standard InChI is InChI=1S/C16H24N2O4/c1-15(4-3-12(19)17-10-15)14(21)18-7-5-16(6-8-18)9-11(16)13(20)22-2/h11H,3-10H2,1-2H3,(H,17,19)/t11-,15-/m0/s1. The van der Waals surface area contributed by atoms with Gasteiger partial charge < -0.3 is 15.0 Å². The first-order valence-corrected chi connectivity index (χ1v) is 8.04. The van der Waals surface area contributed by atoms with Crippen molar-refractivity contribution in [3.63, 3.8) is 0 Å². The van der Waals surface area contributed by atoms with E-state index in [-0.39, 0.29) is 29.1 Å². The van der Waals surface area contributed by atoms with Crippen LogP contribution in [0.4, 0.5) is 0 Å². The Bertz CT molecular complexity index is 498. The molecule has 0 unspecified atom stereocenters. The molecule has 0 radical (unpaired) electrons. The predicted molar refractivity (Wildman–Crippen MR) is 78.7 cm³/mol. The first-order chi connectivity index (χ1) is 10.4. The second kappa shape index (κ2) is 5.25. The van der Waals surface area contributed by atoms with Gasteiger partial charge in [-0.05, 0) is 38.0 Å². The van der Waals surface area contributed by atoms with Crippen molar-refractivity contribution in [2.24, 2.45) is 16.7 Å². The van der Waals surface area contributed by atoms with Crippen molar-refractivity contribution < 1.29 is 19.1 Å². The molecule has 0 aromatic rings. The van der Waals surface area contributed by atoms with E-state index in [2.05, 4.69) is 5.32 Å². The van der Waals surface area contributed by atoms with Gasteiger partial charge in [-0.25, -0.2) is 0 Å². The summed E-state index contributed by atoms with van der Waals surface area (Å²) in [7, 11) is 1.44. The molecule has 3 rings (SSSR count). The molecular weight excluding hydrogens is 284 g/mol. The summed E-state index contributed by atoms with van der Waals surface area (Å²) in [5.41, 5.74) is -0.407. The van der Waals surface area contributed by atoms with Crippen LogP contribution in [0.2, 0.25) is 0 Å². The molecule has 2 saturated heterocycles. The number of carbonyl (C=O) groups is 3. The Hall–Kier alpha value is -1.59. The average Bonchev–Trinajstić information content (AvgIpc) is 3.23. The van der Waals surface area contributed by atoms with E-state index in [4.69, 9.17) is 4.74 Å². The number of hydrogen-bond acceptors (Lipinski definition) is 4. The van der Waals surface area contributed by atoms with Crippen molar-refractivity contribution in [1.82, 2.24) is 10.2 Å². The van der Waals surface area contributed by atoms with Crippen LogP contribution >= 0.6 is 0 Å². The van der Waals surface area contributed by atoms with Crippen LogP contribution < -0.4 is 5.32 Å². The molecule has 1 saturated carbocycles. The van der Waals surface area contributed by atoms with E-state index in [1.807, 2.05) is 11.8 Å². The molecule has 0 aromatic heterocycles. The van der Waals surface area contributed by atoms with Crippen LogP contribution in [0, 0.1) is 16.7 Å². The highest BCUT2D eigenvalue weighted by Crippen LogP contribution is 2.59. The largest absolute Gasteiger partial charge is 0.469 e. The fourth-order valence-electron chi connectivity index (χ4n) is 3.96. The van der Waals surface area contributed by atoms with Crippen molar-refractivity contribution in [3.8, 4) is 0 Å². The molecule has 22 heavy (non-hydrogen) atoms. The van der Waals surface area contributed by atoms with Gasteiger partial charge in [-0.1, -0.05) is 0 Å². The van der Waals surface area contributed by atoms with E-state index >= 15 is 0 Å². The van der Waals surface area contributed by atoms with E-state index in [1.165, 1.54) is 7.11 Å². The second-order valence-electron chi connectivity index (χ2n) is 7.27. The van der Waals surface area contributed by atoms with Gasteiger partial charge in [0.15, 0.2) is 0 Å². The highest BCUT2D eigenvalue weighted by atomic mass is 16.5. The first kappa shape index (κ1) is 15.3. The molecule has 6 heteroatoms. The number of likely N-dealkylation sites (tertiary alicyclic amines) is 1. The quantitative estimate of drug-likeness (QED) is 0.762. The smallest absolute Gasteiger partial charge is 0.309 e. The van der Waals surface area contributed by atoms with Crippen LogP contribution in [-0.2, 0) is 19.1 Å². The molecule has 122 valence electrons. The maximum absolute atomic E-state index is 12.8.